The van der Waals surface area contributed by atoms with Gasteiger partial charge in [-0.25, -0.2) is 4.39 Å². The maximum absolute atomic E-state index is 13.4. The molecule has 0 aliphatic carbocycles. The molecule has 7 heteroatoms. The summed E-state index contributed by atoms with van der Waals surface area (Å²) in [5.41, 5.74) is 5.89. The van der Waals surface area contributed by atoms with Crippen molar-refractivity contribution >= 4 is 29.9 Å². The second-order valence-corrected chi connectivity index (χ2v) is 3.51. The van der Waals surface area contributed by atoms with E-state index in [2.05, 4.69) is 10.6 Å². The van der Waals surface area contributed by atoms with Gasteiger partial charge in [0.1, 0.15) is 5.82 Å². The van der Waals surface area contributed by atoms with Gasteiger partial charge in [0.2, 0.25) is 11.8 Å². The van der Waals surface area contributed by atoms with Crippen molar-refractivity contribution in [2.24, 2.45) is 5.73 Å². The second kappa shape index (κ2) is 7.62. The Labute approximate surface area is 110 Å². The number of rotatable bonds is 4. The van der Waals surface area contributed by atoms with Gasteiger partial charge in [0, 0.05) is 0 Å². The van der Waals surface area contributed by atoms with Gasteiger partial charge in [-0.05, 0) is 24.6 Å². The Morgan fingerprint density at radius 2 is 2.00 bits per heavy atom. The van der Waals surface area contributed by atoms with E-state index in [1.54, 1.807) is 13.0 Å². The van der Waals surface area contributed by atoms with Crippen LogP contribution in [0.25, 0.3) is 0 Å². The third-order valence-electron chi connectivity index (χ3n) is 2.03. The van der Waals surface area contributed by atoms with Crippen LogP contribution in [0.15, 0.2) is 18.2 Å². The van der Waals surface area contributed by atoms with E-state index in [0.717, 1.165) is 5.56 Å². The molecule has 0 saturated heterocycles. The zero-order valence-corrected chi connectivity index (χ0v) is 10.6. The van der Waals surface area contributed by atoms with Crippen LogP contribution in [0.5, 0.6) is 0 Å². The molecule has 0 heterocycles. The molecule has 0 aromatic heterocycles. The molecule has 1 aromatic rings. The average Bonchev–Trinajstić information content (AvgIpc) is 2.29. The fraction of sp³-hybridized carbons (Fsp3) is 0.273. The van der Waals surface area contributed by atoms with Gasteiger partial charge >= 0.3 is 0 Å². The standard InChI is InChI=1S/C11H14FN3O2.ClH/c1-7-2-3-9(8(12)4-7)15-11(17)6-14-10(16)5-13;/h2-4H,5-6,13H2,1H3,(H,14,16)(H,15,17);1H. The van der Waals surface area contributed by atoms with Crippen LogP contribution in [-0.2, 0) is 9.59 Å². The number of aryl methyl sites for hydroxylation is 1. The molecule has 1 aromatic carbocycles. The molecule has 4 N–H and O–H groups in total. The Morgan fingerprint density at radius 3 is 2.56 bits per heavy atom. The number of amides is 2. The van der Waals surface area contributed by atoms with Gasteiger partial charge < -0.3 is 16.4 Å². The maximum atomic E-state index is 13.4. The van der Waals surface area contributed by atoms with Gasteiger partial charge in [0.15, 0.2) is 0 Å². The van der Waals surface area contributed by atoms with E-state index < -0.39 is 17.6 Å². The molecule has 0 aliphatic rings. The van der Waals surface area contributed by atoms with Crippen LogP contribution in [0.1, 0.15) is 5.56 Å². The minimum Gasteiger partial charge on any atom is -0.346 e. The number of hydrogen-bond donors (Lipinski definition) is 3. The summed E-state index contributed by atoms with van der Waals surface area (Å²) in [6.07, 6.45) is 0. The molecule has 1 rings (SSSR count). The van der Waals surface area contributed by atoms with Crippen molar-refractivity contribution in [1.29, 1.82) is 0 Å². The zero-order chi connectivity index (χ0) is 12.8. The van der Waals surface area contributed by atoms with E-state index in [1.807, 2.05) is 0 Å². The first-order valence-electron chi connectivity index (χ1n) is 5.05. The Hall–Kier alpha value is -1.66. The van der Waals surface area contributed by atoms with Crippen LogP contribution in [0.3, 0.4) is 0 Å². The molecular formula is C11H15ClFN3O2. The first-order chi connectivity index (χ1) is 8.02. The summed E-state index contributed by atoms with van der Waals surface area (Å²) in [6.45, 7) is 1.33. The third-order valence-corrected chi connectivity index (χ3v) is 2.03. The van der Waals surface area contributed by atoms with E-state index >= 15 is 0 Å². The van der Waals surface area contributed by atoms with E-state index in [4.69, 9.17) is 5.73 Å². The Kier molecular flexibility index (Phi) is 6.92. The lowest BCUT2D eigenvalue weighted by Gasteiger charge is -2.07. The molecule has 100 valence electrons. The normalized spacial score (nSPS) is 9.28. The molecule has 0 atom stereocenters. The summed E-state index contributed by atoms with van der Waals surface area (Å²) in [4.78, 5) is 22.1. The predicted octanol–water partition coefficient (Wildman–Crippen LogP) is 0.569. The second-order valence-electron chi connectivity index (χ2n) is 3.51. The molecule has 18 heavy (non-hydrogen) atoms. The Morgan fingerprint density at radius 1 is 1.33 bits per heavy atom. The van der Waals surface area contributed by atoms with Crippen LogP contribution in [0.2, 0.25) is 0 Å². The Balaban J connectivity index is 0.00000289. The highest BCUT2D eigenvalue weighted by Crippen LogP contribution is 2.14. The molecular weight excluding hydrogens is 261 g/mol. The quantitative estimate of drug-likeness (QED) is 0.751. The molecule has 2 amide bonds. The minimum atomic E-state index is -0.511. The van der Waals surface area contributed by atoms with Gasteiger partial charge in [-0.2, -0.15) is 0 Å². The van der Waals surface area contributed by atoms with E-state index in [1.165, 1.54) is 12.1 Å². The van der Waals surface area contributed by atoms with Crippen LogP contribution < -0.4 is 16.4 Å². The molecule has 0 aliphatic heterocycles. The first kappa shape index (κ1) is 16.3. The van der Waals surface area contributed by atoms with E-state index in [0.29, 0.717) is 0 Å². The summed E-state index contributed by atoms with van der Waals surface area (Å²) in [5.74, 6) is -1.46. The summed E-state index contributed by atoms with van der Waals surface area (Å²) >= 11 is 0. The topological polar surface area (TPSA) is 84.2 Å². The Bertz CT molecular complexity index is 440. The fourth-order valence-electron chi connectivity index (χ4n) is 1.17. The van der Waals surface area contributed by atoms with Crippen molar-refractivity contribution in [2.45, 2.75) is 6.92 Å². The van der Waals surface area contributed by atoms with Crippen molar-refractivity contribution in [1.82, 2.24) is 5.32 Å². The highest BCUT2D eigenvalue weighted by atomic mass is 35.5. The summed E-state index contributed by atoms with van der Waals surface area (Å²) in [7, 11) is 0. The number of benzene rings is 1. The molecule has 5 nitrogen and oxygen atoms in total. The van der Waals surface area contributed by atoms with Crippen molar-refractivity contribution in [3.05, 3.63) is 29.6 Å². The van der Waals surface area contributed by atoms with Gasteiger partial charge in [-0.3, -0.25) is 9.59 Å². The molecule has 0 saturated carbocycles. The van der Waals surface area contributed by atoms with Gasteiger partial charge in [0.25, 0.3) is 0 Å². The van der Waals surface area contributed by atoms with E-state index in [-0.39, 0.29) is 31.2 Å². The van der Waals surface area contributed by atoms with E-state index in [9.17, 15) is 14.0 Å². The number of carbonyl (C=O) groups excluding carboxylic acids is 2. The molecule has 0 fully saturated rings. The largest absolute Gasteiger partial charge is 0.346 e. The van der Waals surface area contributed by atoms with Crippen LogP contribution >= 0.6 is 12.4 Å². The van der Waals surface area contributed by atoms with Crippen molar-refractivity contribution in [3.8, 4) is 0 Å². The summed E-state index contributed by atoms with van der Waals surface area (Å²) in [6, 6.07) is 4.46. The number of halogens is 2. The van der Waals surface area contributed by atoms with Gasteiger partial charge in [0.05, 0.1) is 18.8 Å². The molecule has 0 spiro atoms. The van der Waals surface area contributed by atoms with Crippen molar-refractivity contribution in [2.75, 3.05) is 18.4 Å². The number of nitrogens with one attached hydrogen (secondary N) is 2. The molecule has 0 unspecified atom stereocenters. The smallest absolute Gasteiger partial charge is 0.243 e. The molecule has 0 radical (unpaired) electrons. The highest BCUT2D eigenvalue weighted by molar-refractivity contribution is 5.94. The summed E-state index contributed by atoms with van der Waals surface area (Å²) < 4.78 is 13.4. The SMILES string of the molecule is Cc1ccc(NC(=O)CNC(=O)CN)c(F)c1.Cl. The minimum absolute atomic E-state index is 0. The molecule has 0 bridgehead atoms. The van der Waals surface area contributed by atoms with Crippen LogP contribution in [0.4, 0.5) is 10.1 Å². The van der Waals surface area contributed by atoms with Crippen LogP contribution in [-0.4, -0.2) is 24.9 Å². The maximum Gasteiger partial charge on any atom is 0.243 e. The third kappa shape index (κ3) is 5.11. The number of hydrogen-bond acceptors (Lipinski definition) is 3. The lowest BCUT2D eigenvalue weighted by molar-refractivity contribution is -0.123. The number of carbonyl (C=O) groups is 2. The van der Waals surface area contributed by atoms with Crippen molar-refractivity contribution < 1.29 is 14.0 Å². The fourth-order valence-corrected chi connectivity index (χ4v) is 1.17. The van der Waals surface area contributed by atoms with Gasteiger partial charge in [-0.1, -0.05) is 6.07 Å². The highest BCUT2D eigenvalue weighted by Gasteiger charge is 2.07. The zero-order valence-electron chi connectivity index (χ0n) is 9.83. The predicted molar refractivity (Wildman–Crippen MR) is 69.1 cm³/mol. The lowest BCUT2D eigenvalue weighted by Crippen LogP contribution is -2.36. The number of nitrogens with two attached hydrogens (primary N) is 1. The first-order valence-corrected chi connectivity index (χ1v) is 5.05. The van der Waals surface area contributed by atoms with Gasteiger partial charge in [-0.15, -0.1) is 12.4 Å². The van der Waals surface area contributed by atoms with Crippen LogP contribution in [0, 0.1) is 12.7 Å². The monoisotopic (exact) mass is 275 g/mol. The lowest BCUT2D eigenvalue weighted by atomic mass is 10.2. The van der Waals surface area contributed by atoms with Crippen molar-refractivity contribution in [3.63, 3.8) is 0 Å². The summed E-state index contributed by atoms with van der Waals surface area (Å²) in [5, 5.41) is 4.63. The average molecular weight is 276 g/mol. The number of anilines is 1.